The van der Waals surface area contributed by atoms with Gasteiger partial charge in [0, 0.05) is 6.20 Å². The third-order valence-electron chi connectivity index (χ3n) is 4.45. The SMILES string of the molecule is O=Cc1c(F)cccc1OCC1=C(c2ccnn2CC(F)F)CCCC1. The van der Waals surface area contributed by atoms with Gasteiger partial charge in [-0.3, -0.25) is 9.48 Å². The molecule has 0 N–H and O–H groups in total. The summed E-state index contributed by atoms with van der Waals surface area (Å²) in [7, 11) is 0. The van der Waals surface area contributed by atoms with Gasteiger partial charge in [0.25, 0.3) is 6.43 Å². The van der Waals surface area contributed by atoms with E-state index in [9.17, 15) is 18.0 Å². The van der Waals surface area contributed by atoms with Crippen LogP contribution in [0, 0.1) is 5.82 Å². The van der Waals surface area contributed by atoms with Gasteiger partial charge in [0.2, 0.25) is 0 Å². The molecule has 0 aliphatic heterocycles. The molecule has 1 aromatic carbocycles. The van der Waals surface area contributed by atoms with E-state index in [0.29, 0.717) is 12.0 Å². The molecule has 1 aromatic heterocycles. The quantitative estimate of drug-likeness (QED) is 0.679. The summed E-state index contributed by atoms with van der Waals surface area (Å²) in [4.78, 5) is 11.1. The number of nitrogens with zero attached hydrogens (tertiary/aromatic N) is 2. The first-order valence-electron chi connectivity index (χ1n) is 8.48. The third-order valence-corrected chi connectivity index (χ3v) is 4.45. The molecule has 0 saturated heterocycles. The number of rotatable bonds is 7. The summed E-state index contributed by atoms with van der Waals surface area (Å²) in [5.74, 6) is -0.455. The Morgan fingerprint density at radius 3 is 2.81 bits per heavy atom. The van der Waals surface area contributed by atoms with Crippen LogP contribution in [-0.2, 0) is 6.54 Å². The van der Waals surface area contributed by atoms with Crippen LogP contribution >= 0.6 is 0 Å². The van der Waals surface area contributed by atoms with Gasteiger partial charge in [0.15, 0.2) is 6.29 Å². The first-order chi connectivity index (χ1) is 12.6. The highest BCUT2D eigenvalue weighted by Crippen LogP contribution is 2.33. The second-order valence-electron chi connectivity index (χ2n) is 6.14. The second-order valence-corrected chi connectivity index (χ2v) is 6.14. The van der Waals surface area contributed by atoms with E-state index in [1.807, 2.05) is 0 Å². The largest absolute Gasteiger partial charge is 0.488 e. The van der Waals surface area contributed by atoms with Crippen molar-refractivity contribution in [2.75, 3.05) is 6.61 Å². The maximum Gasteiger partial charge on any atom is 0.257 e. The van der Waals surface area contributed by atoms with Crippen molar-refractivity contribution in [3.8, 4) is 5.75 Å². The van der Waals surface area contributed by atoms with Gasteiger partial charge in [-0.1, -0.05) is 6.07 Å². The molecule has 0 fully saturated rings. The van der Waals surface area contributed by atoms with E-state index in [1.165, 1.54) is 29.1 Å². The maximum absolute atomic E-state index is 13.7. The first-order valence-corrected chi connectivity index (χ1v) is 8.48. The molecule has 3 rings (SSSR count). The lowest BCUT2D eigenvalue weighted by molar-refractivity contribution is 0.111. The van der Waals surface area contributed by atoms with Crippen molar-refractivity contribution in [3.63, 3.8) is 0 Å². The normalized spacial score (nSPS) is 14.8. The predicted octanol–water partition coefficient (Wildman–Crippen LogP) is 4.51. The van der Waals surface area contributed by atoms with Gasteiger partial charge < -0.3 is 4.74 Å². The van der Waals surface area contributed by atoms with Crippen LogP contribution < -0.4 is 4.74 Å². The van der Waals surface area contributed by atoms with Crippen molar-refractivity contribution < 1.29 is 22.7 Å². The Bertz CT molecular complexity index is 815. The molecule has 7 heteroatoms. The summed E-state index contributed by atoms with van der Waals surface area (Å²) in [6.45, 7) is -0.279. The first kappa shape index (κ1) is 18.2. The van der Waals surface area contributed by atoms with Crippen LogP contribution in [0.3, 0.4) is 0 Å². The average Bonchev–Trinajstić information content (AvgIpc) is 3.07. The Hall–Kier alpha value is -2.57. The zero-order chi connectivity index (χ0) is 18.5. The van der Waals surface area contributed by atoms with Crippen molar-refractivity contribution in [1.29, 1.82) is 0 Å². The number of carbonyl (C=O) groups is 1. The van der Waals surface area contributed by atoms with E-state index in [4.69, 9.17) is 4.74 Å². The summed E-state index contributed by atoms with van der Waals surface area (Å²) in [6.07, 6.45) is 2.89. The molecular weight excluding hydrogens is 345 g/mol. The number of aromatic nitrogens is 2. The van der Waals surface area contributed by atoms with Gasteiger partial charge in [-0.15, -0.1) is 0 Å². The highest BCUT2D eigenvalue weighted by Gasteiger charge is 2.20. The Kier molecular flexibility index (Phi) is 5.75. The summed E-state index contributed by atoms with van der Waals surface area (Å²) >= 11 is 0. The van der Waals surface area contributed by atoms with E-state index in [0.717, 1.165) is 36.8 Å². The molecule has 0 spiro atoms. The fourth-order valence-electron chi connectivity index (χ4n) is 3.22. The van der Waals surface area contributed by atoms with Crippen molar-refractivity contribution in [1.82, 2.24) is 9.78 Å². The molecule has 0 atom stereocenters. The van der Waals surface area contributed by atoms with Crippen LogP contribution in [0.5, 0.6) is 5.75 Å². The number of allylic oxidation sites excluding steroid dienone is 1. The average molecular weight is 364 g/mol. The molecule has 0 bridgehead atoms. The minimum Gasteiger partial charge on any atom is -0.488 e. The van der Waals surface area contributed by atoms with Gasteiger partial charge in [-0.2, -0.15) is 5.10 Å². The lowest BCUT2D eigenvalue weighted by Crippen LogP contribution is -2.15. The van der Waals surface area contributed by atoms with Gasteiger partial charge in [0.1, 0.15) is 24.7 Å². The smallest absolute Gasteiger partial charge is 0.257 e. The summed E-state index contributed by atoms with van der Waals surface area (Å²) in [6, 6.07) is 5.94. The number of hydrogen-bond donors (Lipinski definition) is 0. The van der Waals surface area contributed by atoms with Crippen LogP contribution in [0.4, 0.5) is 13.2 Å². The van der Waals surface area contributed by atoms with Crippen LogP contribution in [0.2, 0.25) is 0 Å². The number of alkyl halides is 2. The van der Waals surface area contributed by atoms with Crippen LogP contribution in [-0.4, -0.2) is 29.1 Å². The summed E-state index contributed by atoms with van der Waals surface area (Å²) in [5.41, 5.74) is 2.46. The molecule has 4 nitrogen and oxygen atoms in total. The molecule has 1 heterocycles. The van der Waals surface area contributed by atoms with E-state index in [2.05, 4.69) is 5.10 Å². The minimum atomic E-state index is -2.49. The number of ether oxygens (including phenoxy) is 1. The monoisotopic (exact) mass is 364 g/mol. The van der Waals surface area contributed by atoms with Gasteiger partial charge in [0.05, 0.1) is 11.3 Å². The lowest BCUT2D eigenvalue weighted by atomic mass is 9.90. The van der Waals surface area contributed by atoms with E-state index in [-0.39, 0.29) is 17.9 Å². The highest BCUT2D eigenvalue weighted by molar-refractivity contribution is 5.79. The number of hydrogen-bond acceptors (Lipinski definition) is 3. The molecule has 1 aliphatic carbocycles. The molecule has 0 radical (unpaired) electrons. The molecule has 1 aliphatic rings. The van der Waals surface area contributed by atoms with Gasteiger partial charge in [-0.05, 0) is 55.0 Å². The predicted molar refractivity (Wildman–Crippen MR) is 90.9 cm³/mol. The second kappa shape index (κ2) is 8.21. The molecular formula is C19H19F3N2O2. The topological polar surface area (TPSA) is 44.1 Å². The van der Waals surface area contributed by atoms with Gasteiger partial charge in [-0.25, -0.2) is 13.2 Å². The fraction of sp³-hybridized carbons (Fsp3) is 0.368. The minimum absolute atomic E-state index is 0.117. The highest BCUT2D eigenvalue weighted by atomic mass is 19.3. The zero-order valence-corrected chi connectivity index (χ0v) is 14.1. The molecule has 0 amide bonds. The fourth-order valence-corrected chi connectivity index (χ4v) is 3.22. The summed E-state index contributed by atoms with van der Waals surface area (Å²) < 4.78 is 46.2. The molecule has 138 valence electrons. The number of benzene rings is 1. The number of aldehydes is 1. The molecule has 26 heavy (non-hydrogen) atoms. The maximum atomic E-state index is 13.7. The molecule has 2 aromatic rings. The van der Waals surface area contributed by atoms with Crippen LogP contribution in [0.25, 0.3) is 5.57 Å². The Labute approximate surface area is 149 Å². The Morgan fingerprint density at radius 2 is 2.04 bits per heavy atom. The number of carbonyl (C=O) groups excluding carboxylic acids is 1. The Morgan fingerprint density at radius 1 is 1.23 bits per heavy atom. The van der Waals surface area contributed by atoms with E-state index in [1.54, 1.807) is 6.07 Å². The number of halogens is 3. The lowest BCUT2D eigenvalue weighted by Gasteiger charge is -2.22. The standard InChI is InChI=1S/C19H19F3N2O2/c20-16-6-3-7-18(15(16)11-25)26-12-13-4-1-2-5-14(13)17-8-9-23-24(17)10-19(21)22/h3,6-9,11,19H,1-2,4-5,10,12H2. The van der Waals surface area contributed by atoms with Crippen LogP contribution in [0.1, 0.15) is 41.7 Å². The van der Waals surface area contributed by atoms with Crippen molar-refractivity contribution >= 4 is 11.9 Å². The summed E-state index contributed by atoms with van der Waals surface area (Å²) in [5, 5.41) is 3.99. The Balaban J connectivity index is 1.86. The van der Waals surface area contributed by atoms with E-state index >= 15 is 0 Å². The molecule has 0 saturated carbocycles. The zero-order valence-electron chi connectivity index (χ0n) is 14.1. The molecule has 0 unspecified atom stereocenters. The van der Waals surface area contributed by atoms with Gasteiger partial charge >= 0.3 is 0 Å². The van der Waals surface area contributed by atoms with Crippen molar-refractivity contribution in [2.45, 2.75) is 38.7 Å². The third kappa shape index (κ3) is 3.98. The van der Waals surface area contributed by atoms with Crippen molar-refractivity contribution in [2.24, 2.45) is 0 Å². The van der Waals surface area contributed by atoms with E-state index < -0.39 is 18.8 Å². The van der Waals surface area contributed by atoms with Crippen molar-refractivity contribution in [3.05, 3.63) is 53.1 Å². The van der Waals surface area contributed by atoms with Crippen LogP contribution in [0.15, 0.2) is 36.0 Å².